The lowest BCUT2D eigenvalue weighted by Gasteiger charge is -2.18. The molecule has 0 N–H and O–H groups in total. The van der Waals surface area contributed by atoms with E-state index in [-0.39, 0.29) is 5.69 Å². The lowest BCUT2D eigenvalue weighted by Crippen LogP contribution is -2.28. The van der Waals surface area contributed by atoms with Crippen LogP contribution in [0.3, 0.4) is 0 Å². The predicted octanol–water partition coefficient (Wildman–Crippen LogP) is 0.627. The molecule has 4 heteroatoms. The fourth-order valence-electron chi connectivity index (χ4n) is 1.18. The number of aromatic nitrogens is 2. The Balaban J connectivity index is 3.02. The highest BCUT2D eigenvalue weighted by atomic mass is 16.1. The standard InChI is InChI=1S/C9H15N3O/c1-4-12(5-2)8-6-7-11(3)9(13)10-8/h6-7H,4-5H2,1-3H3. The molecule has 0 unspecified atom stereocenters. The van der Waals surface area contributed by atoms with Crippen LogP contribution in [-0.2, 0) is 7.05 Å². The molecule has 1 rings (SSSR count). The zero-order valence-corrected chi connectivity index (χ0v) is 8.32. The first-order chi connectivity index (χ1) is 6.19. The Morgan fingerprint density at radius 1 is 1.46 bits per heavy atom. The molecule has 0 aliphatic rings. The van der Waals surface area contributed by atoms with Gasteiger partial charge in [0.2, 0.25) is 0 Å². The minimum absolute atomic E-state index is 0.204. The van der Waals surface area contributed by atoms with Crippen LogP contribution >= 0.6 is 0 Å². The van der Waals surface area contributed by atoms with Crippen LogP contribution in [-0.4, -0.2) is 22.6 Å². The van der Waals surface area contributed by atoms with E-state index in [1.165, 1.54) is 4.57 Å². The molecule has 0 bridgehead atoms. The lowest BCUT2D eigenvalue weighted by atomic mass is 10.4. The van der Waals surface area contributed by atoms with Gasteiger partial charge in [-0.15, -0.1) is 0 Å². The Morgan fingerprint density at radius 2 is 2.08 bits per heavy atom. The SMILES string of the molecule is CCN(CC)c1ccn(C)c(=O)n1. The third kappa shape index (κ3) is 2.08. The van der Waals surface area contributed by atoms with Crippen LogP contribution < -0.4 is 10.6 Å². The fourth-order valence-corrected chi connectivity index (χ4v) is 1.18. The highest BCUT2D eigenvalue weighted by Gasteiger charge is 2.03. The van der Waals surface area contributed by atoms with E-state index in [1.54, 1.807) is 13.2 Å². The number of anilines is 1. The molecule has 0 saturated heterocycles. The third-order valence-electron chi connectivity index (χ3n) is 2.05. The minimum Gasteiger partial charge on any atom is -0.357 e. The van der Waals surface area contributed by atoms with E-state index in [9.17, 15) is 4.79 Å². The van der Waals surface area contributed by atoms with Crippen molar-refractivity contribution in [1.82, 2.24) is 9.55 Å². The molecule has 0 amide bonds. The van der Waals surface area contributed by atoms with Gasteiger partial charge in [-0.3, -0.25) is 0 Å². The maximum atomic E-state index is 11.2. The van der Waals surface area contributed by atoms with Gasteiger partial charge in [0.15, 0.2) is 0 Å². The summed E-state index contributed by atoms with van der Waals surface area (Å²) < 4.78 is 1.47. The van der Waals surface area contributed by atoms with Gasteiger partial charge >= 0.3 is 5.69 Å². The number of rotatable bonds is 3. The first-order valence-corrected chi connectivity index (χ1v) is 4.47. The maximum Gasteiger partial charge on any atom is 0.349 e. The van der Waals surface area contributed by atoms with Crippen LogP contribution in [0.25, 0.3) is 0 Å². The molecule has 0 radical (unpaired) electrons. The van der Waals surface area contributed by atoms with Crippen molar-refractivity contribution in [1.29, 1.82) is 0 Å². The monoisotopic (exact) mass is 181 g/mol. The van der Waals surface area contributed by atoms with Crippen molar-refractivity contribution in [2.24, 2.45) is 7.05 Å². The zero-order valence-electron chi connectivity index (χ0n) is 8.32. The van der Waals surface area contributed by atoms with Crippen LogP contribution in [0.5, 0.6) is 0 Å². The summed E-state index contributed by atoms with van der Waals surface area (Å²) in [5, 5.41) is 0. The van der Waals surface area contributed by atoms with Gasteiger partial charge in [-0.25, -0.2) is 4.79 Å². The molecule has 0 fully saturated rings. The van der Waals surface area contributed by atoms with Gasteiger partial charge in [-0.1, -0.05) is 0 Å². The van der Waals surface area contributed by atoms with Gasteiger partial charge in [0.05, 0.1) is 0 Å². The van der Waals surface area contributed by atoms with Crippen LogP contribution in [0.2, 0.25) is 0 Å². The van der Waals surface area contributed by atoms with E-state index in [2.05, 4.69) is 4.98 Å². The van der Waals surface area contributed by atoms with Crippen molar-refractivity contribution in [3.63, 3.8) is 0 Å². The van der Waals surface area contributed by atoms with E-state index < -0.39 is 0 Å². The Morgan fingerprint density at radius 3 is 2.54 bits per heavy atom. The summed E-state index contributed by atoms with van der Waals surface area (Å²) in [6.45, 7) is 5.83. The van der Waals surface area contributed by atoms with Crippen molar-refractivity contribution in [2.45, 2.75) is 13.8 Å². The second kappa shape index (κ2) is 4.07. The van der Waals surface area contributed by atoms with Gasteiger partial charge in [-0.05, 0) is 19.9 Å². The first kappa shape index (κ1) is 9.77. The second-order valence-electron chi connectivity index (χ2n) is 2.85. The number of hydrogen-bond acceptors (Lipinski definition) is 3. The fraction of sp³-hybridized carbons (Fsp3) is 0.556. The summed E-state index contributed by atoms with van der Waals surface area (Å²) in [6, 6.07) is 1.86. The van der Waals surface area contributed by atoms with E-state index in [0.717, 1.165) is 18.9 Å². The predicted molar refractivity (Wildman–Crippen MR) is 53.0 cm³/mol. The highest BCUT2D eigenvalue weighted by Crippen LogP contribution is 2.05. The molecule has 0 saturated carbocycles. The minimum atomic E-state index is -0.204. The highest BCUT2D eigenvalue weighted by molar-refractivity contribution is 5.35. The Bertz CT molecular complexity index is 328. The lowest BCUT2D eigenvalue weighted by molar-refractivity contribution is 0.777. The van der Waals surface area contributed by atoms with Crippen LogP contribution in [0, 0.1) is 0 Å². The molecule has 1 aromatic heterocycles. The van der Waals surface area contributed by atoms with Crippen molar-refractivity contribution < 1.29 is 0 Å². The Kier molecular flexibility index (Phi) is 3.06. The van der Waals surface area contributed by atoms with Crippen LogP contribution in [0.1, 0.15) is 13.8 Å². The third-order valence-corrected chi connectivity index (χ3v) is 2.05. The number of nitrogens with zero attached hydrogens (tertiary/aromatic N) is 3. The number of hydrogen-bond donors (Lipinski definition) is 0. The molecule has 0 spiro atoms. The Hall–Kier alpha value is -1.32. The van der Waals surface area contributed by atoms with E-state index in [1.807, 2.05) is 24.8 Å². The van der Waals surface area contributed by atoms with Crippen LogP contribution in [0.4, 0.5) is 5.82 Å². The quantitative estimate of drug-likeness (QED) is 0.686. The van der Waals surface area contributed by atoms with E-state index >= 15 is 0 Å². The largest absolute Gasteiger partial charge is 0.357 e. The molecule has 72 valence electrons. The summed E-state index contributed by atoms with van der Waals surface area (Å²) in [7, 11) is 1.70. The van der Waals surface area contributed by atoms with Gasteiger partial charge < -0.3 is 9.47 Å². The van der Waals surface area contributed by atoms with Crippen molar-refractivity contribution in [3.05, 3.63) is 22.7 Å². The maximum absolute atomic E-state index is 11.2. The van der Waals surface area contributed by atoms with Gasteiger partial charge in [0.25, 0.3) is 0 Å². The van der Waals surface area contributed by atoms with Gasteiger partial charge in [-0.2, -0.15) is 4.98 Å². The molecule has 0 aliphatic carbocycles. The topological polar surface area (TPSA) is 38.1 Å². The molecule has 13 heavy (non-hydrogen) atoms. The molecule has 0 aliphatic heterocycles. The summed E-state index contributed by atoms with van der Waals surface area (Å²) in [4.78, 5) is 17.2. The van der Waals surface area contributed by atoms with E-state index in [0.29, 0.717) is 0 Å². The average molecular weight is 181 g/mol. The molecule has 0 aromatic carbocycles. The molecular formula is C9H15N3O. The smallest absolute Gasteiger partial charge is 0.349 e. The molecular weight excluding hydrogens is 166 g/mol. The number of aryl methyl sites for hydroxylation is 1. The molecule has 1 aromatic rings. The normalized spacial score (nSPS) is 10.1. The van der Waals surface area contributed by atoms with Gasteiger partial charge in [0, 0.05) is 26.3 Å². The average Bonchev–Trinajstić information content (AvgIpc) is 2.13. The van der Waals surface area contributed by atoms with Crippen molar-refractivity contribution in [3.8, 4) is 0 Å². The molecule has 0 atom stereocenters. The Labute approximate surface area is 77.8 Å². The molecule has 1 heterocycles. The summed E-state index contributed by atoms with van der Waals surface area (Å²) in [6.07, 6.45) is 1.74. The van der Waals surface area contributed by atoms with Gasteiger partial charge in [0.1, 0.15) is 5.82 Å². The molecule has 4 nitrogen and oxygen atoms in total. The first-order valence-electron chi connectivity index (χ1n) is 4.47. The van der Waals surface area contributed by atoms with Crippen molar-refractivity contribution >= 4 is 5.82 Å². The second-order valence-corrected chi connectivity index (χ2v) is 2.85. The summed E-state index contributed by atoms with van der Waals surface area (Å²) >= 11 is 0. The summed E-state index contributed by atoms with van der Waals surface area (Å²) in [5.41, 5.74) is -0.204. The summed E-state index contributed by atoms with van der Waals surface area (Å²) in [5.74, 6) is 0.758. The zero-order chi connectivity index (χ0) is 9.84. The van der Waals surface area contributed by atoms with Crippen molar-refractivity contribution in [2.75, 3.05) is 18.0 Å². The van der Waals surface area contributed by atoms with E-state index in [4.69, 9.17) is 0 Å². The van der Waals surface area contributed by atoms with Crippen LogP contribution in [0.15, 0.2) is 17.1 Å².